The SMILES string of the molecule is Cc1cccc(Nc2c(N)sc3ccccc23)c1C. The Kier molecular flexibility index (Phi) is 2.91. The minimum Gasteiger partial charge on any atom is -0.389 e. The van der Waals surface area contributed by atoms with Gasteiger partial charge in [0.25, 0.3) is 0 Å². The van der Waals surface area contributed by atoms with Gasteiger partial charge >= 0.3 is 0 Å². The average Bonchev–Trinajstić information content (AvgIpc) is 2.72. The highest BCUT2D eigenvalue weighted by Crippen LogP contribution is 2.40. The van der Waals surface area contributed by atoms with E-state index in [2.05, 4.69) is 49.5 Å². The molecule has 2 nitrogen and oxygen atoms in total. The monoisotopic (exact) mass is 268 g/mol. The highest BCUT2D eigenvalue weighted by Gasteiger charge is 2.10. The summed E-state index contributed by atoms with van der Waals surface area (Å²) in [6.07, 6.45) is 0. The van der Waals surface area contributed by atoms with Crippen molar-refractivity contribution in [1.29, 1.82) is 0 Å². The molecule has 0 aliphatic heterocycles. The zero-order valence-electron chi connectivity index (χ0n) is 11.0. The number of benzene rings is 2. The third-order valence-electron chi connectivity index (χ3n) is 3.49. The molecule has 0 aliphatic rings. The van der Waals surface area contributed by atoms with E-state index in [1.807, 2.05) is 12.1 Å². The van der Waals surface area contributed by atoms with Crippen LogP contribution in [0.15, 0.2) is 42.5 Å². The minimum atomic E-state index is 0.835. The van der Waals surface area contributed by atoms with Gasteiger partial charge in [0, 0.05) is 15.8 Å². The summed E-state index contributed by atoms with van der Waals surface area (Å²) in [5, 5.41) is 5.51. The highest BCUT2D eigenvalue weighted by molar-refractivity contribution is 7.23. The Balaban J connectivity index is 2.11. The van der Waals surface area contributed by atoms with Crippen molar-refractivity contribution in [2.24, 2.45) is 0 Å². The standard InChI is InChI=1S/C16H16N2S/c1-10-6-5-8-13(11(10)2)18-15-12-7-3-4-9-14(12)19-16(15)17/h3-9,18H,17H2,1-2H3. The van der Waals surface area contributed by atoms with Gasteiger partial charge in [0.1, 0.15) is 5.00 Å². The maximum Gasteiger partial charge on any atom is 0.111 e. The number of aryl methyl sites for hydroxylation is 1. The van der Waals surface area contributed by atoms with Gasteiger partial charge < -0.3 is 11.1 Å². The first kappa shape index (κ1) is 12.1. The predicted octanol–water partition coefficient (Wildman–Crippen LogP) is 4.84. The normalized spacial score (nSPS) is 10.8. The molecule has 3 aromatic rings. The van der Waals surface area contributed by atoms with E-state index in [1.165, 1.54) is 21.2 Å². The van der Waals surface area contributed by atoms with E-state index >= 15 is 0 Å². The molecule has 3 heteroatoms. The topological polar surface area (TPSA) is 38.0 Å². The smallest absolute Gasteiger partial charge is 0.111 e. The second kappa shape index (κ2) is 4.59. The number of rotatable bonds is 2. The number of nitrogens with one attached hydrogen (secondary N) is 1. The van der Waals surface area contributed by atoms with E-state index in [0.29, 0.717) is 0 Å². The van der Waals surface area contributed by atoms with Gasteiger partial charge in [-0.15, -0.1) is 11.3 Å². The maximum atomic E-state index is 6.15. The van der Waals surface area contributed by atoms with Crippen LogP contribution in [0.1, 0.15) is 11.1 Å². The Bertz CT molecular complexity index is 744. The Hall–Kier alpha value is -2.00. The molecule has 3 N–H and O–H groups in total. The number of nitrogen functional groups attached to an aromatic ring is 1. The summed E-state index contributed by atoms with van der Waals surface area (Å²) >= 11 is 1.62. The van der Waals surface area contributed by atoms with Crippen molar-refractivity contribution in [3.63, 3.8) is 0 Å². The first-order valence-corrected chi connectivity index (χ1v) is 7.08. The van der Waals surface area contributed by atoms with Crippen LogP contribution >= 0.6 is 11.3 Å². The lowest BCUT2D eigenvalue weighted by Crippen LogP contribution is -1.96. The molecule has 96 valence electrons. The Labute approximate surface area is 116 Å². The Morgan fingerprint density at radius 3 is 2.63 bits per heavy atom. The number of nitrogens with two attached hydrogens (primary N) is 1. The van der Waals surface area contributed by atoms with Gasteiger partial charge in [-0.3, -0.25) is 0 Å². The Morgan fingerprint density at radius 2 is 1.79 bits per heavy atom. The van der Waals surface area contributed by atoms with E-state index in [0.717, 1.165) is 16.4 Å². The van der Waals surface area contributed by atoms with Gasteiger partial charge in [0.05, 0.1) is 5.69 Å². The molecular weight excluding hydrogens is 252 g/mol. The number of hydrogen-bond acceptors (Lipinski definition) is 3. The third kappa shape index (κ3) is 2.06. The highest BCUT2D eigenvalue weighted by atomic mass is 32.1. The molecule has 0 aliphatic carbocycles. The molecule has 2 aromatic carbocycles. The minimum absolute atomic E-state index is 0.835. The average molecular weight is 268 g/mol. The molecule has 0 atom stereocenters. The van der Waals surface area contributed by atoms with Crippen molar-refractivity contribution in [1.82, 2.24) is 0 Å². The van der Waals surface area contributed by atoms with Crippen molar-refractivity contribution in [2.45, 2.75) is 13.8 Å². The van der Waals surface area contributed by atoms with Crippen LogP contribution < -0.4 is 11.1 Å². The largest absolute Gasteiger partial charge is 0.389 e. The van der Waals surface area contributed by atoms with Gasteiger partial charge in [-0.25, -0.2) is 0 Å². The number of fused-ring (bicyclic) bond motifs is 1. The van der Waals surface area contributed by atoms with Gasteiger partial charge in [-0.1, -0.05) is 30.3 Å². The fourth-order valence-electron chi connectivity index (χ4n) is 2.21. The summed E-state index contributed by atoms with van der Waals surface area (Å²) in [4.78, 5) is 0. The van der Waals surface area contributed by atoms with Crippen LogP contribution in [0.5, 0.6) is 0 Å². The van der Waals surface area contributed by atoms with E-state index < -0.39 is 0 Å². The molecular formula is C16H16N2S. The molecule has 0 radical (unpaired) electrons. The summed E-state index contributed by atoms with van der Waals surface area (Å²) in [6.45, 7) is 4.25. The second-order valence-electron chi connectivity index (χ2n) is 4.71. The van der Waals surface area contributed by atoms with Gasteiger partial charge in [-0.2, -0.15) is 0 Å². The molecule has 3 rings (SSSR count). The lowest BCUT2D eigenvalue weighted by atomic mass is 10.1. The van der Waals surface area contributed by atoms with Crippen LogP contribution in [0.3, 0.4) is 0 Å². The summed E-state index contributed by atoms with van der Waals surface area (Å²) in [7, 11) is 0. The quantitative estimate of drug-likeness (QED) is 0.697. The molecule has 19 heavy (non-hydrogen) atoms. The summed E-state index contributed by atoms with van der Waals surface area (Å²) in [5.74, 6) is 0. The van der Waals surface area contributed by atoms with Crippen LogP contribution in [-0.4, -0.2) is 0 Å². The molecule has 0 amide bonds. The molecule has 1 aromatic heterocycles. The van der Waals surface area contributed by atoms with Crippen LogP contribution in [0, 0.1) is 13.8 Å². The van der Waals surface area contributed by atoms with Crippen LogP contribution in [0.25, 0.3) is 10.1 Å². The first-order valence-electron chi connectivity index (χ1n) is 6.27. The first-order chi connectivity index (χ1) is 9.16. The lowest BCUT2D eigenvalue weighted by Gasteiger charge is -2.11. The van der Waals surface area contributed by atoms with Crippen molar-refractivity contribution >= 4 is 37.8 Å². The van der Waals surface area contributed by atoms with Crippen LogP contribution in [-0.2, 0) is 0 Å². The zero-order chi connectivity index (χ0) is 13.4. The maximum absolute atomic E-state index is 6.15. The van der Waals surface area contributed by atoms with Crippen molar-refractivity contribution < 1.29 is 0 Å². The van der Waals surface area contributed by atoms with Crippen LogP contribution in [0.2, 0.25) is 0 Å². The van der Waals surface area contributed by atoms with Gasteiger partial charge in [0.15, 0.2) is 0 Å². The fourth-order valence-corrected chi connectivity index (χ4v) is 3.14. The molecule has 0 saturated carbocycles. The fraction of sp³-hybridized carbons (Fsp3) is 0.125. The summed E-state index contributed by atoms with van der Waals surface area (Å²) in [5.41, 5.74) is 10.8. The van der Waals surface area contributed by atoms with Crippen molar-refractivity contribution in [3.05, 3.63) is 53.6 Å². The molecule has 0 spiro atoms. The van der Waals surface area contributed by atoms with E-state index in [-0.39, 0.29) is 0 Å². The molecule has 0 bridgehead atoms. The van der Waals surface area contributed by atoms with Crippen molar-refractivity contribution in [3.8, 4) is 0 Å². The van der Waals surface area contributed by atoms with Crippen LogP contribution in [0.4, 0.5) is 16.4 Å². The lowest BCUT2D eigenvalue weighted by molar-refractivity contribution is 1.33. The Morgan fingerprint density at radius 1 is 1.00 bits per heavy atom. The molecule has 0 fully saturated rings. The van der Waals surface area contributed by atoms with Gasteiger partial charge in [-0.05, 0) is 37.1 Å². The van der Waals surface area contributed by atoms with Crippen molar-refractivity contribution in [2.75, 3.05) is 11.1 Å². The van der Waals surface area contributed by atoms with E-state index in [9.17, 15) is 0 Å². The number of hydrogen-bond donors (Lipinski definition) is 2. The van der Waals surface area contributed by atoms with Gasteiger partial charge in [0.2, 0.25) is 0 Å². The third-order valence-corrected chi connectivity index (χ3v) is 4.49. The molecule has 1 heterocycles. The zero-order valence-corrected chi connectivity index (χ0v) is 11.8. The molecule has 0 unspecified atom stereocenters. The second-order valence-corrected chi connectivity index (χ2v) is 5.79. The summed E-state index contributed by atoms with van der Waals surface area (Å²) < 4.78 is 1.22. The summed E-state index contributed by atoms with van der Waals surface area (Å²) in [6, 6.07) is 14.6. The molecule has 0 saturated heterocycles. The number of thiophene rings is 1. The number of anilines is 3. The van der Waals surface area contributed by atoms with E-state index in [1.54, 1.807) is 11.3 Å². The van der Waals surface area contributed by atoms with E-state index in [4.69, 9.17) is 5.73 Å². The predicted molar refractivity (Wildman–Crippen MR) is 85.4 cm³/mol.